The van der Waals surface area contributed by atoms with E-state index >= 15 is 0 Å². The maximum atomic E-state index is 11.4. The number of hydrogen-bond donors (Lipinski definition) is 0. The summed E-state index contributed by atoms with van der Waals surface area (Å²) in [5.41, 5.74) is 1.27. The quantitative estimate of drug-likeness (QED) is 0.742. The number of piperidine rings is 1. The third-order valence-corrected chi connectivity index (χ3v) is 3.81. The van der Waals surface area contributed by atoms with E-state index in [1.165, 1.54) is 5.56 Å². The molecule has 2 aliphatic rings. The summed E-state index contributed by atoms with van der Waals surface area (Å²) in [5.74, 6) is 1.39. The summed E-state index contributed by atoms with van der Waals surface area (Å²) in [6.45, 7) is 3.72. The van der Waals surface area contributed by atoms with Crippen LogP contribution in [0.15, 0.2) is 24.3 Å². The van der Waals surface area contributed by atoms with Crippen molar-refractivity contribution in [3.05, 3.63) is 29.8 Å². The van der Waals surface area contributed by atoms with Gasteiger partial charge in [0.2, 0.25) is 0 Å². The van der Waals surface area contributed by atoms with Gasteiger partial charge in [-0.25, -0.2) is 0 Å². The molecule has 3 heteroatoms. The van der Waals surface area contributed by atoms with E-state index in [2.05, 4.69) is 24.0 Å². The van der Waals surface area contributed by atoms with Crippen molar-refractivity contribution in [1.82, 2.24) is 4.90 Å². The Morgan fingerprint density at radius 2 is 2.18 bits per heavy atom. The Hall–Kier alpha value is -1.35. The number of likely N-dealkylation sites (tertiary alicyclic amines) is 1. The van der Waals surface area contributed by atoms with Crippen LogP contribution >= 0.6 is 0 Å². The van der Waals surface area contributed by atoms with Gasteiger partial charge in [0.05, 0.1) is 6.04 Å². The summed E-state index contributed by atoms with van der Waals surface area (Å²) in [4.78, 5) is 13.8. The lowest BCUT2D eigenvalue weighted by Crippen LogP contribution is -2.43. The molecule has 0 N–H and O–H groups in total. The number of benzene rings is 1. The third-order valence-electron chi connectivity index (χ3n) is 3.81. The van der Waals surface area contributed by atoms with E-state index in [-0.39, 0.29) is 0 Å². The fourth-order valence-electron chi connectivity index (χ4n) is 2.91. The van der Waals surface area contributed by atoms with Crippen molar-refractivity contribution in [2.75, 3.05) is 13.2 Å². The van der Waals surface area contributed by atoms with Crippen molar-refractivity contribution in [2.24, 2.45) is 0 Å². The van der Waals surface area contributed by atoms with Gasteiger partial charge in [-0.15, -0.1) is 0 Å². The Kier molecular flexibility index (Phi) is 2.63. The minimum Gasteiger partial charge on any atom is -0.491 e. The number of para-hydroxylation sites is 1. The number of carbonyl (C=O) groups is 1. The summed E-state index contributed by atoms with van der Waals surface area (Å²) >= 11 is 0. The minimum absolute atomic E-state index is 0.328. The molecule has 3 rings (SSSR count). The van der Waals surface area contributed by atoms with Gasteiger partial charge in [0.15, 0.2) is 0 Å². The van der Waals surface area contributed by atoms with E-state index in [9.17, 15) is 4.79 Å². The molecule has 3 nitrogen and oxygen atoms in total. The van der Waals surface area contributed by atoms with E-state index in [4.69, 9.17) is 4.74 Å². The van der Waals surface area contributed by atoms with Crippen LogP contribution in [0.4, 0.5) is 0 Å². The molecule has 0 bridgehead atoms. The van der Waals surface area contributed by atoms with E-state index in [0.29, 0.717) is 30.7 Å². The first-order valence-corrected chi connectivity index (χ1v) is 6.25. The van der Waals surface area contributed by atoms with Gasteiger partial charge in [-0.3, -0.25) is 9.69 Å². The van der Waals surface area contributed by atoms with Gasteiger partial charge in [-0.1, -0.05) is 18.2 Å². The SMILES string of the molecule is CC1CC(=O)CCN1C1COc2ccccc21. The number of carbonyl (C=O) groups excluding carboxylic acids is 1. The predicted octanol–water partition coefficient (Wildman–Crippen LogP) is 2.17. The summed E-state index contributed by atoms with van der Waals surface area (Å²) in [5, 5.41) is 0. The van der Waals surface area contributed by atoms with Crippen molar-refractivity contribution in [3.63, 3.8) is 0 Å². The molecule has 0 spiro atoms. The lowest BCUT2D eigenvalue weighted by atomic mass is 9.97. The summed E-state index contributed by atoms with van der Waals surface area (Å²) < 4.78 is 5.71. The highest BCUT2D eigenvalue weighted by atomic mass is 16.5. The molecule has 90 valence electrons. The van der Waals surface area contributed by atoms with Crippen LogP contribution < -0.4 is 4.74 Å². The summed E-state index contributed by atoms with van der Waals surface area (Å²) in [6.07, 6.45) is 1.36. The molecule has 2 aliphatic heterocycles. The number of ketones is 1. The molecular formula is C14H17NO2. The molecule has 2 atom stereocenters. The van der Waals surface area contributed by atoms with Crippen molar-refractivity contribution in [1.29, 1.82) is 0 Å². The summed E-state index contributed by atoms with van der Waals surface area (Å²) in [6, 6.07) is 8.88. The standard InChI is InChI=1S/C14H17NO2/c1-10-8-11(16)6-7-15(10)13-9-17-14-5-3-2-4-12(13)14/h2-5,10,13H,6-9H2,1H3. The zero-order valence-electron chi connectivity index (χ0n) is 10.1. The predicted molar refractivity (Wildman–Crippen MR) is 65.1 cm³/mol. The highest BCUT2D eigenvalue weighted by Gasteiger charge is 2.34. The Morgan fingerprint density at radius 1 is 1.35 bits per heavy atom. The van der Waals surface area contributed by atoms with Gasteiger partial charge in [-0.05, 0) is 13.0 Å². The number of ether oxygens (including phenoxy) is 1. The normalized spacial score (nSPS) is 28.9. The highest BCUT2D eigenvalue weighted by molar-refractivity contribution is 5.80. The average Bonchev–Trinajstić information content (AvgIpc) is 2.73. The average molecular weight is 231 g/mol. The Bertz CT molecular complexity index is 444. The third kappa shape index (κ3) is 1.84. The monoisotopic (exact) mass is 231 g/mol. The molecule has 1 fully saturated rings. The molecule has 0 amide bonds. The van der Waals surface area contributed by atoms with Crippen LogP contribution in [0.3, 0.4) is 0 Å². The number of rotatable bonds is 1. The first-order chi connectivity index (χ1) is 8.25. The van der Waals surface area contributed by atoms with Crippen molar-refractivity contribution in [2.45, 2.75) is 31.8 Å². The molecule has 2 heterocycles. The molecule has 0 saturated carbocycles. The Morgan fingerprint density at radius 3 is 3.00 bits per heavy atom. The van der Waals surface area contributed by atoms with Crippen LogP contribution in [0.2, 0.25) is 0 Å². The van der Waals surface area contributed by atoms with E-state index in [1.807, 2.05) is 12.1 Å². The minimum atomic E-state index is 0.328. The first kappa shape index (κ1) is 10.8. The lowest BCUT2D eigenvalue weighted by molar-refractivity contribution is -0.123. The number of fused-ring (bicyclic) bond motifs is 1. The lowest BCUT2D eigenvalue weighted by Gasteiger charge is -2.36. The van der Waals surface area contributed by atoms with Gasteiger partial charge in [0, 0.05) is 31.0 Å². The zero-order valence-corrected chi connectivity index (χ0v) is 10.1. The highest BCUT2D eigenvalue weighted by Crippen LogP contribution is 2.38. The van der Waals surface area contributed by atoms with Crippen molar-refractivity contribution < 1.29 is 9.53 Å². The van der Waals surface area contributed by atoms with Gasteiger partial charge < -0.3 is 4.74 Å². The largest absolute Gasteiger partial charge is 0.491 e. The molecule has 0 aromatic heterocycles. The van der Waals surface area contributed by atoms with Crippen molar-refractivity contribution in [3.8, 4) is 5.75 Å². The fourth-order valence-corrected chi connectivity index (χ4v) is 2.91. The van der Waals surface area contributed by atoms with Crippen LogP contribution in [-0.2, 0) is 4.79 Å². The molecule has 1 aromatic carbocycles. The zero-order chi connectivity index (χ0) is 11.8. The van der Waals surface area contributed by atoms with Crippen LogP contribution in [0.5, 0.6) is 5.75 Å². The first-order valence-electron chi connectivity index (χ1n) is 6.25. The van der Waals surface area contributed by atoms with E-state index < -0.39 is 0 Å². The second-order valence-electron chi connectivity index (χ2n) is 4.94. The van der Waals surface area contributed by atoms with E-state index in [1.54, 1.807) is 0 Å². The Labute approximate surface area is 101 Å². The number of hydrogen-bond acceptors (Lipinski definition) is 3. The van der Waals surface area contributed by atoms with Gasteiger partial charge in [-0.2, -0.15) is 0 Å². The van der Waals surface area contributed by atoms with Gasteiger partial charge >= 0.3 is 0 Å². The molecule has 2 unspecified atom stereocenters. The van der Waals surface area contributed by atoms with Crippen molar-refractivity contribution >= 4 is 5.78 Å². The van der Waals surface area contributed by atoms with Gasteiger partial charge in [0.25, 0.3) is 0 Å². The number of nitrogens with zero attached hydrogens (tertiary/aromatic N) is 1. The maximum Gasteiger partial charge on any atom is 0.135 e. The van der Waals surface area contributed by atoms with Crippen LogP contribution in [-0.4, -0.2) is 29.9 Å². The summed E-state index contributed by atoms with van der Waals surface area (Å²) in [7, 11) is 0. The molecule has 0 radical (unpaired) electrons. The Balaban J connectivity index is 1.84. The maximum absolute atomic E-state index is 11.4. The van der Waals surface area contributed by atoms with Crippen LogP contribution in [0.25, 0.3) is 0 Å². The second-order valence-corrected chi connectivity index (χ2v) is 4.94. The second kappa shape index (κ2) is 4.15. The molecule has 1 saturated heterocycles. The van der Waals surface area contributed by atoms with Gasteiger partial charge in [0.1, 0.15) is 18.1 Å². The van der Waals surface area contributed by atoms with E-state index in [0.717, 1.165) is 18.9 Å². The molecule has 1 aromatic rings. The molecule has 17 heavy (non-hydrogen) atoms. The van der Waals surface area contributed by atoms with Crippen LogP contribution in [0.1, 0.15) is 31.4 Å². The topological polar surface area (TPSA) is 29.5 Å². The molecular weight excluding hydrogens is 214 g/mol. The number of Topliss-reactive ketones (excluding diaryl/α,β-unsaturated/α-hetero) is 1. The molecule has 0 aliphatic carbocycles. The van der Waals surface area contributed by atoms with Crippen LogP contribution in [0, 0.1) is 0 Å². The fraction of sp³-hybridized carbons (Fsp3) is 0.500. The smallest absolute Gasteiger partial charge is 0.135 e.